The molecule has 22 heavy (non-hydrogen) atoms. The van der Waals surface area contributed by atoms with Gasteiger partial charge in [-0.15, -0.1) is 11.3 Å². The molecule has 0 bridgehead atoms. The molecule has 0 saturated heterocycles. The van der Waals surface area contributed by atoms with E-state index in [-0.39, 0.29) is 6.03 Å². The van der Waals surface area contributed by atoms with Crippen LogP contribution in [-0.4, -0.2) is 32.7 Å². The van der Waals surface area contributed by atoms with E-state index in [4.69, 9.17) is 4.42 Å². The molecule has 0 radical (unpaired) electrons. The standard InChI is InChI=1S/C14H18N2O4S2/c1-10-4-5-11(20-10)9-16(2)14(17)15-8-12-6-7-13(21-12)22(3,18)19/h4-7H,8-9H2,1-3H3,(H,15,17). The lowest BCUT2D eigenvalue weighted by Crippen LogP contribution is -2.36. The molecule has 0 aromatic carbocycles. The monoisotopic (exact) mass is 342 g/mol. The zero-order valence-corrected chi connectivity index (χ0v) is 14.3. The lowest BCUT2D eigenvalue weighted by molar-refractivity contribution is 0.202. The average molecular weight is 342 g/mol. The van der Waals surface area contributed by atoms with E-state index >= 15 is 0 Å². The maximum Gasteiger partial charge on any atom is 0.317 e. The molecule has 0 fully saturated rings. The zero-order chi connectivity index (χ0) is 16.3. The van der Waals surface area contributed by atoms with E-state index in [1.807, 2.05) is 19.1 Å². The zero-order valence-electron chi connectivity index (χ0n) is 12.6. The van der Waals surface area contributed by atoms with Crippen LogP contribution in [0.25, 0.3) is 0 Å². The molecule has 0 spiro atoms. The van der Waals surface area contributed by atoms with Gasteiger partial charge in [-0.1, -0.05) is 0 Å². The minimum Gasteiger partial charge on any atom is -0.464 e. The predicted molar refractivity (Wildman–Crippen MR) is 84.6 cm³/mol. The second kappa shape index (κ2) is 6.53. The molecule has 2 aromatic heterocycles. The second-order valence-corrected chi connectivity index (χ2v) is 8.43. The lowest BCUT2D eigenvalue weighted by Gasteiger charge is -2.16. The fourth-order valence-electron chi connectivity index (χ4n) is 1.83. The van der Waals surface area contributed by atoms with Crippen LogP contribution in [0.1, 0.15) is 16.4 Å². The van der Waals surface area contributed by atoms with Gasteiger partial charge >= 0.3 is 6.03 Å². The van der Waals surface area contributed by atoms with Gasteiger partial charge in [0.05, 0.1) is 13.1 Å². The van der Waals surface area contributed by atoms with Crippen molar-refractivity contribution in [3.05, 3.63) is 40.7 Å². The second-order valence-electron chi connectivity index (χ2n) is 5.02. The number of sulfone groups is 1. The average Bonchev–Trinajstić information content (AvgIpc) is 3.04. The van der Waals surface area contributed by atoms with E-state index in [9.17, 15) is 13.2 Å². The molecule has 0 unspecified atom stereocenters. The Morgan fingerprint density at radius 1 is 1.32 bits per heavy atom. The number of furan rings is 1. The molecule has 6 nitrogen and oxygen atoms in total. The molecule has 1 N–H and O–H groups in total. The first-order valence-electron chi connectivity index (χ1n) is 6.59. The lowest BCUT2D eigenvalue weighted by atomic mass is 10.4. The molecule has 8 heteroatoms. The summed E-state index contributed by atoms with van der Waals surface area (Å²) >= 11 is 1.16. The highest BCUT2D eigenvalue weighted by Gasteiger charge is 2.13. The Labute approximate surface area is 133 Å². The van der Waals surface area contributed by atoms with E-state index in [1.54, 1.807) is 19.2 Å². The molecular weight excluding hydrogens is 324 g/mol. The van der Waals surface area contributed by atoms with E-state index in [0.717, 1.165) is 22.0 Å². The summed E-state index contributed by atoms with van der Waals surface area (Å²) in [6, 6.07) is 6.69. The Kier molecular flexibility index (Phi) is 4.92. The Balaban J connectivity index is 1.88. The maximum absolute atomic E-state index is 12.0. The summed E-state index contributed by atoms with van der Waals surface area (Å²) in [5.41, 5.74) is 0. The van der Waals surface area contributed by atoms with Gasteiger partial charge in [-0.2, -0.15) is 0 Å². The van der Waals surface area contributed by atoms with Crippen molar-refractivity contribution in [1.82, 2.24) is 10.2 Å². The summed E-state index contributed by atoms with van der Waals surface area (Å²) in [4.78, 5) is 14.3. The molecule has 2 rings (SSSR count). The third kappa shape index (κ3) is 4.35. The first-order chi connectivity index (χ1) is 10.3. The van der Waals surface area contributed by atoms with Gasteiger partial charge in [0.2, 0.25) is 0 Å². The quantitative estimate of drug-likeness (QED) is 0.905. The van der Waals surface area contributed by atoms with Gasteiger partial charge in [0.25, 0.3) is 0 Å². The SMILES string of the molecule is Cc1ccc(CN(C)C(=O)NCc2ccc(S(C)(=O)=O)s2)o1. The van der Waals surface area contributed by atoms with Gasteiger partial charge in [0.1, 0.15) is 15.7 Å². The van der Waals surface area contributed by atoms with Gasteiger partial charge in [0.15, 0.2) is 9.84 Å². The van der Waals surface area contributed by atoms with E-state index < -0.39 is 9.84 Å². The molecule has 2 aromatic rings. The summed E-state index contributed by atoms with van der Waals surface area (Å²) in [6.45, 7) is 2.51. The summed E-state index contributed by atoms with van der Waals surface area (Å²) in [6.07, 6.45) is 1.17. The van der Waals surface area contributed by atoms with E-state index in [1.165, 1.54) is 11.2 Å². The van der Waals surface area contributed by atoms with Crippen LogP contribution in [0.15, 0.2) is 32.9 Å². The van der Waals surface area contributed by atoms with Crippen LogP contribution >= 0.6 is 11.3 Å². The molecule has 2 heterocycles. The Morgan fingerprint density at radius 3 is 2.59 bits per heavy atom. The van der Waals surface area contributed by atoms with Crippen LogP contribution in [0.3, 0.4) is 0 Å². The number of urea groups is 1. The van der Waals surface area contributed by atoms with Gasteiger partial charge in [-0.3, -0.25) is 0 Å². The summed E-state index contributed by atoms with van der Waals surface area (Å²) in [5, 5.41) is 2.75. The van der Waals surface area contributed by atoms with Crippen LogP contribution < -0.4 is 5.32 Å². The van der Waals surface area contributed by atoms with Crippen molar-refractivity contribution in [2.75, 3.05) is 13.3 Å². The van der Waals surface area contributed by atoms with E-state index in [0.29, 0.717) is 23.1 Å². The first-order valence-corrected chi connectivity index (χ1v) is 9.29. The summed E-state index contributed by atoms with van der Waals surface area (Å²) in [7, 11) is -1.52. The van der Waals surface area contributed by atoms with Crippen molar-refractivity contribution in [2.24, 2.45) is 0 Å². The Bertz CT molecular complexity index is 761. The van der Waals surface area contributed by atoms with Gasteiger partial charge in [-0.05, 0) is 31.2 Å². The first kappa shape index (κ1) is 16.6. The van der Waals surface area contributed by atoms with Gasteiger partial charge in [0, 0.05) is 18.2 Å². The molecule has 120 valence electrons. The number of hydrogen-bond donors (Lipinski definition) is 1. The smallest absolute Gasteiger partial charge is 0.317 e. The number of carbonyl (C=O) groups is 1. The van der Waals surface area contributed by atoms with Crippen molar-refractivity contribution >= 4 is 27.2 Å². The molecule has 0 atom stereocenters. The number of aryl methyl sites for hydroxylation is 1. The predicted octanol–water partition coefficient (Wildman–Crippen LogP) is 2.39. The molecule has 0 aliphatic heterocycles. The van der Waals surface area contributed by atoms with Crippen molar-refractivity contribution in [3.8, 4) is 0 Å². The highest BCUT2D eigenvalue weighted by molar-refractivity contribution is 7.92. The summed E-state index contributed by atoms with van der Waals surface area (Å²) < 4.78 is 28.5. The highest BCUT2D eigenvalue weighted by Crippen LogP contribution is 2.21. The van der Waals surface area contributed by atoms with Crippen LogP contribution in [0.4, 0.5) is 4.79 Å². The molecular formula is C14H18N2O4S2. The van der Waals surface area contributed by atoms with Crippen LogP contribution in [0.2, 0.25) is 0 Å². The fourth-order valence-corrected chi connectivity index (χ4v) is 3.74. The normalized spacial score (nSPS) is 11.4. The number of rotatable bonds is 5. The summed E-state index contributed by atoms with van der Waals surface area (Å²) in [5.74, 6) is 1.52. The number of nitrogens with one attached hydrogen (secondary N) is 1. The molecule has 0 saturated carbocycles. The molecule has 0 aliphatic carbocycles. The minimum atomic E-state index is -3.19. The van der Waals surface area contributed by atoms with Gasteiger partial charge < -0.3 is 14.6 Å². The van der Waals surface area contributed by atoms with Crippen LogP contribution in [0.5, 0.6) is 0 Å². The number of amides is 2. The largest absolute Gasteiger partial charge is 0.464 e. The van der Waals surface area contributed by atoms with Crippen molar-refractivity contribution in [3.63, 3.8) is 0 Å². The Morgan fingerprint density at radius 2 is 2.05 bits per heavy atom. The third-order valence-corrected chi connectivity index (χ3v) is 5.86. The topological polar surface area (TPSA) is 79.6 Å². The molecule has 0 aliphatic rings. The number of carbonyl (C=O) groups excluding carboxylic acids is 1. The third-order valence-electron chi connectivity index (χ3n) is 2.95. The number of nitrogens with zero attached hydrogens (tertiary/aromatic N) is 1. The minimum absolute atomic E-state index is 0.247. The van der Waals surface area contributed by atoms with Crippen LogP contribution in [0, 0.1) is 6.92 Å². The molecule has 2 amide bonds. The maximum atomic E-state index is 12.0. The number of hydrogen-bond acceptors (Lipinski definition) is 5. The number of thiophene rings is 1. The van der Waals surface area contributed by atoms with Crippen molar-refractivity contribution < 1.29 is 17.6 Å². The van der Waals surface area contributed by atoms with Gasteiger partial charge in [-0.25, -0.2) is 13.2 Å². The fraction of sp³-hybridized carbons (Fsp3) is 0.357. The van der Waals surface area contributed by atoms with Crippen molar-refractivity contribution in [1.29, 1.82) is 0 Å². The Hall–Kier alpha value is -1.80. The van der Waals surface area contributed by atoms with E-state index in [2.05, 4.69) is 5.32 Å². The highest BCUT2D eigenvalue weighted by atomic mass is 32.2. The van der Waals surface area contributed by atoms with Crippen LogP contribution in [-0.2, 0) is 22.9 Å². The van der Waals surface area contributed by atoms with Crippen molar-refractivity contribution in [2.45, 2.75) is 24.2 Å².